The molecule has 0 unspecified atom stereocenters. The number of aromatic nitrogens is 2. The summed E-state index contributed by atoms with van der Waals surface area (Å²) in [7, 11) is 0. The number of hydrogen-bond acceptors (Lipinski definition) is 6. The van der Waals surface area contributed by atoms with Gasteiger partial charge in [-0.2, -0.15) is 0 Å². The number of carbonyl (C=O) groups is 1. The summed E-state index contributed by atoms with van der Waals surface area (Å²) in [4.78, 5) is 20.5. The highest BCUT2D eigenvalue weighted by molar-refractivity contribution is 6.30. The molecule has 9 heteroatoms. The molecule has 0 aliphatic rings. The van der Waals surface area contributed by atoms with E-state index >= 15 is 0 Å². The predicted molar refractivity (Wildman–Crippen MR) is 127 cm³/mol. The molecular formula is C24H21ClFN5O2. The van der Waals surface area contributed by atoms with Crippen molar-refractivity contribution in [3.8, 4) is 17.1 Å². The number of allylic oxidation sites excluding steroid dienone is 2. The van der Waals surface area contributed by atoms with Gasteiger partial charge in [-0.05, 0) is 29.8 Å². The SMILES string of the molecule is C=C/C=C(Nc1nc(-c2cc(Cl)ccc2F)ncc1OCc1ccccc1)\C(=C/N)C(N)=O. The van der Waals surface area contributed by atoms with Gasteiger partial charge in [0, 0.05) is 11.2 Å². The first-order valence-electron chi connectivity index (χ1n) is 9.74. The Labute approximate surface area is 195 Å². The molecule has 3 rings (SSSR count). The van der Waals surface area contributed by atoms with Crippen molar-refractivity contribution in [1.29, 1.82) is 0 Å². The number of amides is 1. The minimum atomic E-state index is -0.764. The fourth-order valence-corrected chi connectivity index (χ4v) is 3.02. The van der Waals surface area contributed by atoms with Gasteiger partial charge in [0.25, 0.3) is 5.91 Å². The molecule has 5 N–H and O–H groups in total. The minimum Gasteiger partial charge on any atom is -0.483 e. The second-order valence-corrected chi connectivity index (χ2v) is 7.13. The number of benzene rings is 2. The van der Waals surface area contributed by atoms with Gasteiger partial charge in [-0.15, -0.1) is 0 Å². The van der Waals surface area contributed by atoms with Crippen LogP contribution in [0.2, 0.25) is 5.02 Å². The van der Waals surface area contributed by atoms with Crippen LogP contribution >= 0.6 is 11.6 Å². The Hall–Kier alpha value is -4.17. The normalized spacial score (nSPS) is 11.7. The Balaban J connectivity index is 2.05. The van der Waals surface area contributed by atoms with Gasteiger partial charge in [0.05, 0.1) is 23.0 Å². The molecule has 1 amide bonds. The van der Waals surface area contributed by atoms with Crippen molar-refractivity contribution in [2.45, 2.75) is 6.61 Å². The van der Waals surface area contributed by atoms with Gasteiger partial charge in [-0.25, -0.2) is 14.4 Å². The maximum atomic E-state index is 14.4. The molecule has 0 aliphatic carbocycles. The maximum Gasteiger partial charge on any atom is 0.252 e. The molecule has 0 spiro atoms. The molecule has 0 atom stereocenters. The molecular weight excluding hydrogens is 445 g/mol. The highest BCUT2D eigenvalue weighted by atomic mass is 35.5. The summed E-state index contributed by atoms with van der Waals surface area (Å²) in [6.07, 6.45) is 5.40. The van der Waals surface area contributed by atoms with E-state index in [0.717, 1.165) is 11.8 Å². The fourth-order valence-electron chi connectivity index (χ4n) is 2.85. The van der Waals surface area contributed by atoms with Crippen LogP contribution in [0.4, 0.5) is 10.2 Å². The third kappa shape index (κ3) is 5.96. The van der Waals surface area contributed by atoms with Crippen molar-refractivity contribution >= 4 is 23.3 Å². The zero-order chi connectivity index (χ0) is 23.8. The van der Waals surface area contributed by atoms with E-state index in [0.29, 0.717) is 5.02 Å². The van der Waals surface area contributed by atoms with E-state index in [-0.39, 0.29) is 40.8 Å². The number of primary amides is 1. The van der Waals surface area contributed by atoms with Gasteiger partial charge in [-0.3, -0.25) is 4.79 Å². The fraction of sp³-hybridized carbons (Fsp3) is 0.0417. The van der Waals surface area contributed by atoms with Crippen molar-refractivity contribution in [1.82, 2.24) is 9.97 Å². The van der Waals surface area contributed by atoms with Crippen molar-refractivity contribution in [2.75, 3.05) is 5.32 Å². The van der Waals surface area contributed by atoms with Gasteiger partial charge >= 0.3 is 0 Å². The molecule has 1 heterocycles. The monoisotopic (exact) mass is 465 g/mol. The largest absolute Gasteiger partial charge is 0.483 e. The molecule has 2 aromatic carbocycles. The Kier molecular flexibility index (Phi) is 7.77. The predicted octanol–water partition coefficient (Wildman–Crippen LogP) is 4.32. The molecule has 1 aromatic heterocycles. The van der Waals surface area contributed by atoms with Crippen LogP contribution in [0.1, 0.15) is 5.56 Å². The second kappa shape index (κ2) is 10.9. The third-order valence-electron chi connectivity index (χ3n) is 4.42. The lowest BCUT2D eigenvalue weighted by Crippen LogP contribution is -2.20. The van der Waals surface area contributed by atoms with E-state index in [1.165, 1.54) is 36.5 Å². The summed E-state index contributed by atoms with van der Waals surface area (Å²) >= 11 is 6.02. The zero-order valence-electron chi connectivity index (χ0n) is 17.5. The molecule has 0 saturated carbocycles. The number of nitrogens with zero attached hydrogens (tertiary/aromatic N) is 2. The highest BCUT2D eigenvalue weighted by Crippen LogP contribution is 2.30. The first kappa shape index (κ1) is 23.5. The lowest BCUT2D eigenvalue weighted by atomic mass is 10.1. The van der Waals surface area contributed by atoms with Gasteiger partial charge < -0.3 is 21.5 Å². The number of anilines is 1. The van der Waals surface area contributed by atoms with Crippen LogP contribution in [0.15, 0.2) is 90.9 Å². The maximum absolute atomic E-state index is 14.4. The van der Waals surface area contributed by atoms with E-state index in [9.17, 15) is 9.18 Å². The molecule has 0 aliphatic heterocycles. The van der Waals surface area contributed by atoms with E-state index in [1.807, 2.05) is 30.3 Å². The third-order valence-corrected chi connectivity index (χ3v) is 4.66. The van der Waals surface area contributed by atoms with Crippen molar-refractivity contribution in [3.05, 3.63) is 107 Å². The Morgan fingerprint density at radius 2 is 2.00 bits per heavy atom. The first-order valence-corrected chi connectivity index (χ1v) is 10.1. The molecule has 7 nitrogen and oxygen atoms in total. The molecule has 3 aromatic rings. The molecule has 0 radical (unpaired) electrons. The van der Waals surface area contributed by atoms with Crippen LogP contribution in [-0.2, 0) is 11.4 Å². The van der Waals surface area contributed by atoms with E-state index < -0.39 is 11.7 Å². The van der Waals surface area contributed by atoms with Gasteiger partial charge in [0.1, 0.15) is 12.4 Å². The number of rotatable bonds is 9. The summed E-state index contributed by atoms with van der Waals surface area (Å²) in [6.45, 7) is 3.86. The molecule has 0 fully saturated rings. The van der Waals surface area contributed by atoms with Crippen LogP contribution < -0.4 is 21.5 Å². The standard InChI is InChI=1S/C24H21ClFN5O2/c1-2-6-20(18(12-27)22(28)32)30-24-21(33-14-15-7-4-3-5-8-15)13-29-23(31-24)17-11-16(25)9-10-19(17)26/h2-13H,1,14,27H2,(H2,28,32)(H,29,30,31)/b18-12+,20-6+. The summed E-state index contributed by atoms with van der Waals surface area (Å²) in [5.74, 6) is -0.852. The summed E-state index contributed by atoms with van der Waals surface area (Å²) < 4.78 is 20.3. The van der Waals surface area contributed by atoms with Crippen molar-refractivity contribution in [3.63, 3.8) is 0 Å². The van der Waals surface area contributed by atoms with Crippen LogP contribution in [0.25, 0.3) is 11.4 Å². The number of nitrogens with two attached hydrogens (primary N) is 2. The van der Waals surface area contributed by atoms with Gasteiger partial charge in [-0.1, -0.05) is 54.6 Å². The van der Waals surface area contributed by atoms with E-state index in [4.69, 9.17) is 27.8 Å². The number of hydrogen-bond donors (Lipinski definition) is 3. The number of nitrogens with one attached hydrogen (secondary N) is 1. The Morgan fingerprint density at radius 3 is 2.67 bits per heavy atom. The quantitative estimate of drug-likeness (QED) is 0.320. The van der Waals surface area contributed by atoms with Gasteiger partial charge in [0.2, 0.25) is 0 Å². The molecule has 0 saturated heterocycles. The summed E-state index contributed by atoms with van der Waals surface area (Å²) in [6, 6.07) is 13.5. The van der Waals surface area contributed by atoms with Gasteiger partial charge in [0.15, 0.2) is 17.4 Å². The van der Waals surface area contributed by atoms with Crippen molar-refractivity contribution < 1.29 is 13.9 Å². The topological polar surface area (TPSA) is 116 Å². The second-order valence-electron chi connectivity index (χ2n) is 6.69. The zero-order valence-corrected chi connectivity index (χ0v) is 18.2. The van der Waals surface area contributed by atoms with Crippen LogP contribution in [0.3, 0.4) is 0 Å². The number of carbonyl (C=O) groups excluding carboxylic acids is 1. The molecule has 168 valence electrons. The van der Waals surface area contributed by atoms with Crippen LogP contribution in [0, 0.1) is 5.82 Å². The lowest BCUT2D eigenvalue weighted by molar-refractivity contribution is -0.114. The van der Waals surface area contributed by atoms with E-state index in [2.05, 4.69) is 21.9 Å². The summed E-state index contributed by atoms with van der Waals surface area (Å²) in [5.41, 5.74) is 12.2. The average molecular weight is 466 g/mol. The van der Waals surface area contributed by atoms with Crippen molar-refractivity contribution in [2.24, 2.45) is 11.5 Å². The van der Waals surface area contributed by atoms with E-state index in [1.54, 1.807) is 0 Å². The molecule has 0 bridgehead atoms. The number of halogens is 2. The Bertz CT molecular complexity index is 1230. The lowest BCUT2D eigenvalue weighted by Gasteiger charge is -2.16. The summed E-state index contributed by atoms with van der Waals surface area (Å²) in [5, 5.41) is 3.29. The van der Waals surface area contributed by atoms with Crippen LogP contribution in [0.5, 0.6) is 5.75 Å². The molecule has 33 heavy (non-hydrogen) atoms. The van der Waals surface area contributed by atoms with Crippen LogP contribution in [-0.4, -0.2) is 15.9 Å². The average Bonchev–Trinajstić information content (AvgIpc) is 2.81. The Morgan fingerprint density at radius 1 is 1.24 bits per heavy atom. The minimum absolute atomic E-state index is 0.00184. The highest BCUT2D eigenvalue weighted by Gasteiger charge is 2.18. The number of ether oxygens (including phenoxy) is 1. The smallest absolute Gasteiger partial charge is 0.252 e. The first-order chi connectivity index (χ1) is 15.9.